The van der Waals surface area contributed by atoms with Crippen molar-refractivity contribution in [3.8, 4) is 0 Å². The van der Waals surface area contributed by atoms with Gasteiger partial charge in [0.25, 0.3) is 0 Å². The van der Waals surface area contributed by atoms with Crippen LogP contribution >= 0.6 is 11.8 Å². The fourth-order valence-electron chi connectivity index (χ4n) is 0.733. The Hall–Kier alpha value is -0.260. The van der Waals surface area contributed by atoms with E-state index in [4.69, 9.17) is 10.8 Å². The summed E-state index contributed by atoms with van der Waals surface area (Å²) in [5, 5.41) is 8.93. The number of hydrogen-bond donors (Lipinski definition) is 2. The zero-order valence-corrected chi connectivity index (χ0v) is 8.84. The summed E-state index contributed by atoms with van der Waals surface area (Å²) >= 11 is 1.58. The molecule has 0 rings (SSSR count). The number of aliphatic hydroxyl groups excluding tert-OH is 1. The van der Waals surface area contributed by atoms with Gasteiger partial charge in [-0.15, -0.1) is 0 Å². The fourth-order valence-corrected chi connectivity index (χ4v) is 1.66. The van der Waals surface area contributed by atoms with Gasteiger partial charge in [-0.05, 0) is 19.1 Å². The molecule has 3 N–H and O–H groups in total. The minimum Gasteiger partial charge on any atom is -0.468 e. The van der Waals surface area contributed by atoms with Gasteiger partial charge in [-0.3, -0.25) is 4.79 Å². The Morgan fingerprint density at radius 2 is 2.31 bits per heavy atom. The van der Waals surface area contributed by atoms with Crippen LogP contribution in [0.5, 0.6) is 0 Å². The number of rotatable bonds is 6. The van der Waals surface area contributed by atoms with Crippen molar-refractivity contribution in [2.24, 2.45) is 5.73 Å². The zero-order valence-electron chi connectivity index (χ0n) is 8.03. The maximum absolute atomic E-state index is 10.8. The smallest absolute Gasteiger partial charge is 0.322 e. The van der Waals surface area contributed by atoms with Crippen molar-refractivity contribution in [3.05, 3.63) is 0 Å². The van der Waals surface area contributed by atoms with Crippen molar-refractivity contribution in [2.45, 2.75) is 25.5 Å². The summed E-state index contributed by atoms with van der Waals surface area (Å²) in [6, 6.07) is -0.536. The summed E-state index contributed by atoms with van der Waals surface area (Å²) in [6.07, 6.45) is 0.281. The molecule has 0 aromatic rings. The van der Waals surface area contributed by atoms with Gasteiger partial charge in [-0.2, -0.15) is 11.8 Å². The predicted molar refractivity (Wildman–Crippen MR) is 53.6 cm³/mol. The third-order valence-corrected chi connectivity index (χ3v) is 2.68. The Morgan fingerprint density at radius 3 is 2.77 bits per heavy atom. The van der Waals surface area contributed by atoms with Gasteiger partial charge in [0.05, 0.1) is 13.2 Å². The Kier molecular flexibility index (Phi) is 7.03. The third-order valence-electron chi connectivity index (χ3n) is 1.44. The summed E-state index contributed by atoms with van der Waals surface area (Å²) in [6.45, 7) is 1.73. The minimum atomic E-state index is -0.536. The van der Waals surface area contributed by atoms with Crippen molar-refractivity contribution in [2.75, 3.05) is 18.6 Å². The molecule has 0 fully saturated rings. The molecule has 5 heteroatoms. The van der Waals surface area contributed by atoms with E-state index in [0.717, 1.165) is 5.75 Å². The van der Waals surface area contributed by atoms with Crippen molar-refractivity contribution in [3.63, 3.8) is 0 Å². The van der Waals surface area contributed by atoms with Gasteiger partial charge in [0, 0.05) is 5.75 Å². The lowest BCUT2D eigenvalue weighted by Crippen LogP contribution is -2.32. The van der Waals surface area contributed by atoms with Crippen LogP contribution in [0.4, 0.5) is 0 Å². The molecule has 0 saturated carbocycles. The van der Waals surface area contributed by atoms with Crippen LogP contribution in [0.2, 0.25) is 0 Å². The van der Waals surface area contributed by atoms with Crippen molar-refractivity contribution in [1.82, 2.24) is 0 Å². The molecule has 0 spiro atoms. The van der Waals surface area contributed by atoms with E-state index in [9.17, 15) is 4.79 Å². The second kappa shape index (κ2) is 7.17. The SMILES string of the molecule is COC(=O)C(N)CCSCC(C)O. The number of ether oxygens (including phenoxy) is 1. The summed E-state index contributed by atoms with van der Waals surface area (Å²) in [5.74, 6) is 1.06. The number of carbonyl (C=O) groups is 1. The van der Waals surface area contributed by atoms with E-state index in [0.29, 0.717) is 12.2 Å². The first-order chi connectivity index (χ1) is 6.07. The van der Waals surface area contributed by atoms with E-state index in [-0.39, 0.29) is 12.1 Å². The quantitative estimate of drug-likeness (QED) is 0.473. The van der Waals surface area contributed by atoms with Crippen LogP contribution in [0.25, 0.3) is 0 Å². The Bertz CT molecular complexity index is 152. The molecule has 0 aliphatic carbocycles. The molecular formula is C8H17NO3S. The summed E-state index contributed by atoms with van der Waals surface area (Å²) in [7, 11) is 1.32. The molecule has 4 nitrogen and oxygen atoms in total. The van der Waals surface area contributed by atoms with Gasteiger partial charge in [-0.25, -0.2) is 0 Å². The van der Waals surface area contributed by atoms with E-state index < -0.39 is 6.04 Å². The van der Waals surface area contributed by atoms with Crippen molar-refractivity contribution in [1.29, 1.82) is 0 Å². The lowest BCUT2D eigenvalue weighted by Gasteiger charge is -2.08. The molecule has 0 amide bonds. The van der Waals surface area contributed by atoms with E-state index in [1.807, 2.05) is 0 Å². The van der Waals surface area contributed by atoms with Crippen LogP contribution in [0.15, 0.2) is 0 Å². The second-order valence-electron chi connectivity index (χ2n) is 2.84. The maximum Gasteiger partial charge on any atom is 0.322 e. The first kappa shape index (κ1) is 12.7. The van der Waals surface area contributed by atoms with Crippen LogP contribution in [-0.4, -0.2) is 41.8 Å². The maximum atomic E-state index is 10.8. The molecule has 78 valence electrons. The number of hydrogen-bond acceptors (Lipinski definition) is 5. The standard InChI is InChI=1S/C8H17NO3S/c1-6(10)5-13-4-3-7(9)8(11)12-2/h6-7,10H,3-5,9H2,1-2H3. The summed E-state index contributed by atoms with van der Waals surface area (Å²) in [5.41, 5.74) is 5.49. The van der Waals surface area contributed by atoms with Crippen LogP contribution in [-0.2, 0) is 9.53 Å². The molecule has 0 heterocycles. The third kappa shape index (κ3) is 6.86. The predicted octanol–water partition coefficient (Wildman–Crippen LogP) is -0.00920. The summed E-state index contributed by atoms with van der Waals surface area (Å²) < 4.78 is 4.47. The summed E-state index contributed by atoms with van der Waals surface area (Å²) in [4.78, 5) is 10.8. The van der Waals surface area contributed by atoms with Crippen LogP contribution in [0.1, 0.15) is 13.3 Å². The zero-order chi connectivity index (χ0) is 10.3. The number of carbonyl (C=O) groups excluding carboxylic acids is 1. The molecule has 2 unspecified atom stereocenters. The number of methoxy groups -OCH3 is 1. The van der Waals surface area contributed by atoms with Crippen molar-refractivity contribution >= 4 is 17.7 Å². The number of nitrogens with two attached hydrogens (primary N) is 1. The highest BCUT2D eigenvalue weighted by molar-refractivity contribution is 7.99. The molecule has 0 radical (unpaired) electrons. The topological polar surface area (TPSA) is 72.5 Å². The van der Waals surface area contributed by atoms with Gasteiger partial charge in [0.15, 0.2) is 0 Å². The largest absolute Gasteiger partial charge is 0.468 e. The van der Waals surface area contributed by atoms with E-state index >= 15 is 0 Å². The van der Waals surface area contributed by atoms with Crippen LogP contribution in [0.3, 0.4) is 0 Å². The molecule has 0 aliphatic heterocycles. The first-order valence-corrected chi connectivity index (χ1v) is 5.32. The van der Waals surface area contributed by atoms with Gasteiger partial charge < -0.3 is 15.6 Å². The highest BCUT2D eigenvalue weighted by Gasteiger charge is 2.12. The monoisotopic (exact) mass is 207 g/mol. The molecule has 2 atom stereocenters. The average molecular weight is 207 g/mol. The molecule has 0 aromatic heterocycles. The van der Waals surface area contributed by atoms with Gasteiger partial charge in [0.2, 0.25) is 0 Å². The van der Waals surface area contributed by atoms with Gasteiger partial charge >= 0.3 is 5.97 Å². The Labute approximate surface area is 82.8 Å². The van der Waals surface area contributed by atoms with Crippen LogP contribution < -0.4 is 5.73 Å². The number of thioether (sulfide) groups is 1. The molecular weight excluding hydrogens is 190 g/mol. The molecule has 0 bridgehead atoms. The fraction of sp³-hybridized carbons (Fsp3) is 0.875. The van der Waals surface area contributed by atoms with Gasteiger partial charge in [-0.1, -0.05) is 0 Å². The Balaban J connectivity index is 3.37. The molecule has 13 heavy (non-hydrogen) atoms. The highest BCUT2D eigenvalue weighted by atomic mass is 32.2. The number of esters is 1. The lowest BCUT2D eigenvalue weighted by atomic mass is 10.2. The first-order valence-electron chi connectivity index (χ1n) is 4.17. The van der Waals surface area contributed by atoms with E-state index in [1.54, 1.807) is 18.7 Å². The van der Waals surface area contributed by atoms with Crippen LogP contribution in [0, 0.1) is 0 Å². The van der Waals surface area contributed by atoms with E-state index in [1.165, 1.54) is 7.11 Å². The molecule has 0 aliphatic rings. The number of aliphatic hydroxyl groups is 1. The average Bonchev–Trinajstić information content (AvgIpc) is 2.10. The minimum absolute atomic E-state index is 0.306. The van der Waals surface area contributed by atoms with E-state index in [2.05, 4.69) is 4.74 Å². The van der Waals surface area contributed by atoms with Gasteiger partial charge in [0.1, 0.15) is 6.04 Å². The lowest BCUT2D eigenvalue weighted by molar-refractivity contribution is -0.142. The molecule has 0 saturated heterocycles. The molecule has 0 aromatic carbocycles. The normalized spacial score (nSPS) is 15.1. The van der Waals surface area contributed by atoms with Crippen molar-refractivity contribution < 1.29 is 14.6 Å². The second-order valence-corrected chi connectivity index (χ2v) is 3.99. The highest BCUT2D eigenvalue weighted by Crippen LogP contribution is 2.06. The Morgan fingerprint density at radius 1 is 1.69 bits per heavy atom.